The zero-order valence-corrected chi connectivity index (χ0v) is 21.0. The first-order chi connectivity index (χ1) is 15.7. The summed E-state index contributed by atoms with van der Waals surface area (Å²) in [5.74, 6) is 1.04. The van der Waals surface area contributed by atoms with Gasteiger partial charge in [0.2, 0.25) is 0 Å². The fourth-order valence-electron chi connectivity index (χ4n) is 5.72. The third-order valence-corrected chi connectivity index (χ3v) is 7.38. The van der Waals surface area contributed by atoms with Crippen molar-refractivity contribution < 1.29 is 9.90 Å². The van der Waals surface area contributed by atoms with Crippen molar-refractivity contribution in [2.24, 2.45) is 5.92 Å². The molecular formula is C28H37N3O2. The topological polar surface area (TPSA) is 58.4 Å². The van der Waals surface area contributed by atoms with Crippen LogP contribution in [0.1, 0.15) is 65.7 Å². The Kier molecular flexibility index (Phi) is 6.51. The van der Waals surface area contributed by atoms with Gasteiger partial charge in [0.05, 0.1) is 11.2 Å². The van der Waals surface area contributed by atoms with Gasteiger partial charge in [-0.25, -0.2) is 4.98 Å². The molecule has 5 nitrogen and oxygen atoms in total. The first kappa shape index (κ1) is 23.3. The maximum atomic E-state index is 10.8. The normalized spacial score (nSPS) is 14.9. The Balaban J connectivity index is 1.71. The molecule has 3 aromatic rings. The molecule has 0 aliphatic carbocycles. The highest BCUT2D eigenvalue weighted by molar-refractivity contribution is 5.96. The van der Waals surface area contributed by atoms with Gasteiger partial charge in [0.15, 0.2) is 0 Å². The Morgan fingerprint density at radius 2 is 1.67 bits per heavy atom. The number of aryl methyl sites for hydroxylation is 5. The molecule has 0 bridgehead atoms. The van der Waals surface area contributed by atoms with E-state index < -0.39 is 5.97 Å². The Hall–Kier alpha value is -2.82. The average molecular weight is 448 g/mol. The van der Waals surface area contributed by atoms with Crippen molar-refractivity contribution in [3.8, 4) is 5.69 Å². The van der Waals surface area contributed by atoms with Crippen molar-refractivity contribution in [3.63, 3.8) is 0 Å². The van der Waals surface area contributed by atoms with Crippen LogP contribution in [-0.2, 0) is 4.79 Å². The van der Waals surface area contributed by atoms with Gasteiger partial charge >= 0.3 is 5.97 Å². The molecule has 4 rings (SSSR count). The molecule has 5 heteroatoms. The number of anilines is 1. The predicted molar refractivity (Wildman–Crippen MR) is 136 cm³/mol. The van der Waals surface area contributed by atoms with Gasteiger partial charge in [-0.15, -0.1) is 0 Å². The summed E-state index contributed by atoms with van der Waals surface area (Å²) in [6.07, 6.45) is 4.28. The van der Waals surface area contributed by atoms with E-state index in [1.165, 1.54) is 44.5 Å². The van der Waals surface area contributed by atoms with E-state index in [-0.39, 0.29) is 6.42 Å². The summed E-state index contributed by atoms with van der Waals surface area (Å²) in [6, 6.07) is 6.77. The van der Waals surface area contributed by atoms with Gasteiger partial charge in [-0.1, -0.05) is 17.7 Å². The summed E-state index contributed by atoms with van der Waals surface area (Å²) >= 11 is 0. The van der Waals surface area contributed by atoms with Gasteiger partial charge in [-0.3, -0.25) is 4.79 Å². The fourth-order valence-corrected chi connectivity index (χ4v) is 5.72. The zero-order chi connectivity index (χ0) is 23.9. The molecule has 0 spiro atoms. The minimum Gasteiger partial charge on any atom is -0.481 e. The molecule has 0 atom stereocenters. The number of nitrogens with zero attached hydrogens (tertiary/aromatic N) is 3. The molecule has 1 fully saturated rings. The summed E-state index contributed by atoms with van der Waals surface area (Å²) in [4.78, 5) is 18.3. The number of piperidine rings is 1. The van der Waals surface area contributed by atoms with Gasteiger partial charge in [-0.05, 0) is 95.9 Å². The second kappa shape index (κ2) is 9.20. The standard InChI is InChI=1S/C28H37N3O2/c1-17-14-18(2)27(19(3)15-17)31-22(6)21(5)26-24(31)16-20(4)29-28(26)30-12-10-23(11-13-30)8-7-9-25(32)33/h14-16,23H,7-13H2,1-6H3,(H,32,33). The molecule has 1 aromatic carbocycles. The number of hydrogen-bond acceptors (Lipinski definition) is 3. The second-order valence-electron chi connectivity index (χ2n) is 9.99. The molecule has 2 aromatic heterocycles. The molecular weight excluding hydrogens is 410 g/mol. The highest BCUT2D eigenvalue weighted by atomic mass is 16.4. The Bertz CT molecular complexity index is 1180. The molecule has 0 unspecified atom stereocenters. The van der Waals surface area contributed by atoms with Crippen LogP contribution >= 0.6 is 0 Å². The lowest BCUT2D eigenvalue weighted by Crippen LogP contribution is -2.34. The molecule has 176 valence electrons. The molecule has 1 saturated heterocycles. The van der Waals surface area contributed by atoms with Crippen LogP contribution in [0.3, 0.4) is 0 Å². The first-order valence-electron chi connectivity index (χ1n) is 12.2. The van der Waals surface area contributed by atoms with Crippen molar-refractivity contribution >= 4 is 22.7 Å². The largest absolute Gasteiger partial charge is 0.481 e. The van der Waals surface area contributed by atoms with Gasteiger partial charge in [0.1, 0.15) is 5.82 Å². The number of fused-ring (bicyclic) bond motifs is 1. The van der Waals surface area contributed by atoms with Crippen molar-refractivity contribution in [2.75, 3.05) is 18.0 Å². The first-order valence-corrected chi connectivity index (χ1v) is 12.2. The highest BCUT2D eigenvalue weighted by Gasteiger charge is 2.25. The molecule has 33 heavy (non-hydrogen) atoms. The minimum atomic E-state index is -0.687. The number of carbonyl (C=O) groups is 1. The average Bonchev–Trinajstić information content (AvgIpc) is 2.98. The van der Waals surface area contributed by atoms with E-state index >= 15 is 0 Å². The van der Waals surface area contributed by atoms with Crippen molar-refractivity contribution in [1.29, 1.82) is 0 Å². The quantitative estimate of drug-likeness (QED) is 0.478. The Morgan fingerprint density at radius 1 is 1.03 bits per heavy atom. The van der Waals surface area contributed by atoms with E-state index in [0.717, 1.165) is 50.3 Å². The van der Waals surface area contributed by atoms with Crippen LogP contribution < -0.4 is 4.90 Å². The van der Waals surface area contributed by atoms with Crippen molar-refractivity contribution in [3.05, 3.63) is 51.8 Å². The van der Waals surface area contributed by atoms with E-state index in [9.17, 15) is 4.79 Å². The lowest BCUT2D eigenvalue weighted by molar-refractivity contribution is -0.137. The van der Waals surface area contributed by atoms with E-state index in [1.54, 1.807) is 0 Å². The smallest absolute Gasteiger partial charge is 0.303 e. The molecule has 1 aliphatic heterocycles. The summed E-state index contributed by atoms with van der Waals surface area (Å²) in [5, 5.41) is 10.2. The van der Waals surface area contributed by atoms with E-state index in [4.69, 9.17) is 10.1 Å². The third-order valence-electron chi connectivity index (χ3n) is 7.38. The maximum Gasteiger partial charge on any atom is 0.303 e. The van der Waals surface area contributed by atoms with Crippen molar-refractivity contribution in [1.82, 2.24) is 9.55 Å². The van der Waals surface area contributed by atoms with E-state index in [1.807, 2.05) is 0 Å². The lowest BCUT2D eigenvalue weighted by Gasteiger charge is -2.33. The predicted octanol–water partition coefficient (Wildman–Crippen LogP) is 6.35. The second-order valence-corrected chi connectivity index (χ2v) is 9.99. The van der Waals surface area contributed by atoms with Crippen LogP contribution in [0.25, 0.3) is 16.6 Å². The zero-order valence-electron chi connectivity index (χ0n) is 21.0. The fraction of sp³-hybridized carbons (Fsp3) is 0.500. The highest BCUT2D eigenvalue weighted by Crippen LogP contribution is 2.38. The summed E-state index contributed by atoms with van der Waals surface area (Å²) in [6.45, 7) is 15.1. The number of aliphatic carboxylic acids is 1. The molecule has 1 aliphatic rings. The van der Waals surface area contributed by atoms with Crippen LogP contribution in [0, 0.1) is 47.5 Å². The van der Waals surface area contributed by atoms with Crippen LogP contribution in [0.4, 0.5) is 5.82 Å². The van der Waals surface area contributed by atoms with Gasteiger partial charge in [0, 0.05) is 36.3 Å². The maximum absolute atomic E-state index is 10.8. The number of aromatic nitrogens is 2. The van der Waals surface area contributed by atoms with Crippen molar-refractivity contribution in [2.45, 2.75) is 73.6 Å². The number of carboxylic acids is 1. The molecule has 1 N–H and O–H groups in total. The number of carboxylic acid groups (broad SMARTS) is 1. The van der Waals surface area contributed by atoms with Gasteiger partial charge in [0.25, 0.3) is 0 Å². The Morgan fingerprint density at radius 3 is 2.27 bits per heavy atom. The molecule has 0 radical (unpaired) electrons. The summed E-state index contributed by atoms with van der Waals surface area (Å²) < 4.78 is 2.44. The SMILES string of the molecule is Cc1cc(C)c(-n2c(C)c(C)c3c(N4CCC(CCCC(=O)O)CC4)nc(C)cc32)c(C)c1. The van der Waals surface area contributed by atoms with Gasteiger partial charge in [-0.2, -0.15) is 0 Å². The van der Waals surface area contributed by atoms with Crippen LogP contribution in [0.15, 0.2) is 18.2 Å². The number of hydrogen-bond donors (Lipinski definition) is 1. The number of benzene rings is 1. The third kappa shape index (κ3) is 4.50. The molecule has 0 saturated carbocycles. The molecule has 0 amide bonds. The molecule has 3 heterocycles. The Labute approximate surface area is 197 Å². The number of pyridine rings is 1. The van der Waals surface area contributed by atoms with Crippen LogP contribution in [-0.4, -0.2) is 33.7 Å². The lowest BCUT2D eigenvalue weighted by atomic mass is 9.91. The van der Waals surface area contributed by atoms with Crippen LogP contribution in [0.5, 0.6) is 0 Å². The van der Waals surface area contributed by atoms with Crippen LogP contribution in [0.2, 0.25) is 0 Å². The summed E-state index contributed by atoms with van der Waals surface area (Å²) in [5.41, 5.74) is 10.0. The number of rotatable bonds is 6. The monoisotopic (exact) mass is 447 g/mol. The van der Waals surface area contributed by atoms with E-state index in [2.05, 4.69) is 69.2 Å². The van der Waals surface area contributed by atoms with Gasteiger partial charge < -0.3 is 14.6 Å². The summed E-state index contributed by atoms with van der Waals surface area (Å²) in [7, 11) is 0. The minimum absolute atomic E-state index is 0.282. The van der Waals surface area contributed by atoms with E-state index in [0.29, 0.717) is 5.92 Å².